The number of nitrogens with zero attached hydrogens (tertiary/aromatic N) is 5. The van der Waals surface area contributed by atoms with E-state index in [4.69, 9.17) is 13.8 Å². The topological polar surface area (TPSA) is 41.3 Å². The molecule has 0 aliphatic carbocycles. The van der Waals surface area contributed by atoms with Gasteiger partial charge in [-0.25, -0.2) is 0 Å². The summed E-state index contributed by atoms with van der Waals surface area (Å²) < 4.78 is 44.1. The fourth-order valence-electron chi connectivity index (χ4n) is 12.5. The third kappa shape index (κ3) is 8.16. The van der Waals surface area contributed by atoms with Gasteiger partial charge < -0.3 is 4.40 Å². The predicted octanol–water partition coefficient (Wildman–Crippen LogP) is 19.7. The number of ether oxygens (including phenoxy) is 1. The van der Waals surface area contributed by atoms with Gasteiger partial charge in [0.15, 0.2) is 0 Å². The van der Waals surface area contributed by atoms with Crippen LogP contribution >= 0.6 is 0 Å². The molecule has 0 spiro atoms. The number of fused-ring (bicyclic) bond motifs is 10. The molecule has 0 saturated carbocycles. The summed E-state index contributed by atoms with van der Waals surface area (Å²) in [6, 6.07) is 80.1. The van der Waals surface area contributed by atoms with Gasteiger partial charge in [-0.15, -0.1) is 0 Å². The molecule has 0 N–H and O–H groups in total. The Morgan fingerprint density at radius 3 is 1.75 bits per heavy atom. The van der Waals surface area contributed by atoms with Crippen LogP contribution in [0.2, 0.25) is 0 Å². The molecule has 10 aromatic carbocycles. The van der Waals surface area contributed by atoms with Gasteiger partial charge in [0.25, 0.3) is 0 Å². The third-order valence-corrected chi connectivity index (χ3v) is 17.8. The Labute approximate surface area is 498 Å². The Morgan fingerprint density at radius 2 is 1.07 bits per heavy atom. The minimum absolute atomic E-state index is 0.0659. The Morgan fingerprint density at radius 1 is 0.470 bits per heavy atom. The molecule has 0 bridgehead atoms. The molecule has 0 amide bonds. The molecule has 5 heterocycles. The number of aryl methyl sites for hydroxylation is 2. The molecular formula is C76H59N5OPt-2. The first-order valence-electron chi connectivity index (χ1n) is 29.8. The maximum absolute atomic E-state index is 8.99. The van der Waals surface area contributed by atoms with Gasteiger partial charge in [0.1, 0.15) is 0 Å². The van der Waals surface area contributed by atoms with Crippen LogP contribution in [0.1, 0.15) is 67.9 Å². The second-order valence-corrected chi connectivity index (χ2v) is 25.1. The molecular weight excluding hydrogens is 1190 g/mol. The molecule has 6 nitrogen and oxygen atoms in total. The van der Waals surface area contributed by atoms with Crippen LogP contribution < -0.4 is 4.74 Å². The Bertz CT molecular complexity index is 5230. The van der Waals surface area contributed by atoms with Gasteiger partial charge in [-0.3, -0.25) is 0 Å². The summed E-state index contributed by atoms with van der Waals surface area (Å²) in [7, 11) is 0. The monoisotopic (exact) mass is 1260 g/mol. The molecule has 15 aromatic rings. The van der Waals surface area contributed by atoms with Crippen LogP contribution in [0.15, 0.2) is 212 Å². The van der Waals surface area contributed by atoms with Crippen LogP contribution in [0.5, 0.6) is 11.5 Å². The Kier molecular flexibility index (Phi) is 10.9. The first-order valence-corrected chi connectivity index (χ1v) is 29.4. The van der Waals surface area contributed by atoms with Gasteiger partial charge in [-0.2, -0.15) is 0 Å². The molecule has 0 unspecified atom stereocenters. The first kappa shape index (κ1) is 47.5. The zero-order chi connectivity index (χ0) is 59.1. The summed E-state index contributed by atoms with van der Waals surface area (Å²) in [4.78, 5) is 5.18. The number of hydrogen-bond donors (Lipinski definition) is 0. The average molecular weight is 1260 g/mol. The van der Waals surface area contributed by atoms with Crippen molar-refractivity contribution in [2.45, 2.75) is 66.1 Å². The van der Waals surface area contributed by atoms with Gasteiger partial charge in [0.05, 0.1) is 16.6 Å². The quantitative estimate of drug-likeness (QED) is 0.142. The number of benzene rings is 10. The molecule has 83 heavy (non-hydrogen) atoms. The summed E-state index contributed by atoms with van der Waals surface area (Å²) in [5, 5.41) is 6.59. The molecule has 0 aliphatic rings. The van der Waals surface area contributed by atoms with E-state index >= 15 is 0 Å². The molecule has 0 radical (unpaired) electrons. The Hall–Kier alpha value is -9.09. The van der Waals surface area contributed by atoms with E-state index in [2.05, 4.69) is 273 Å². The van der Waals surface area contributed by atoms with E-state index in [1.807, 2.05) is 25.1 Å². The summed E-state index contributed by atoms with van der Waals surface area (Å²) in [6.07, 6.45) is 1.72. The van der Waals surface area contributed by atoms with Gasteiger partial charge in [-0.05, 0) is 35.0 Å². The van der Waals surface area contributed by atoms with Crippen molar-refractivity contribution in [2.75, 3.05) is 0 Å². The van der Waals surface area contributed by atoms with Crippen LogP contribution in [0.4, 0.5) is 0 Å². The summed E-state index contributed by atoms with van der Waals surface area (Å²) in [5.74, 6) is 1.49. The van der Waals surface area contributed by atoms with Gasteiger partial charge in [0.2, 0.25) is 0 Å². The van der Waals surface area contributed by atoms with E-state index in [-0.39, 0.29) is 16.4 Å². The molecule has 5 aromatic heterocycles. The van der Waals surface area contributed by atoms with E-state index < -0.39 is 6.85 Å². The van der Waals surface area contributed by atoms with E-state index in [9.17, 15) is 0 Å². The number of para-hydroxylation sites is 4. The zero-order valence-electron chi connectivity index (χ0n) is 50.2. The number of aromatic nitrogens is 5. The van der Waals surface area contributed by atoms with Crippen molar-refractivity contribution in [1.82, 2.24) is 23.1 Å². The second-order valence-electron chi connectivity index (χ2n) is 24.0. The second kappa shape index (κ2) is 19.0. The molecule has 406 valence electrons. The van der Waals surface area contributed by atoms with Crippen LogP contribution in [-0.4, -0.2) is 23.1 Å². The van der Waals surface area contributed by atoms with Crippen molar-refractivity contribution in [3.05, 3.63) is 251 Å². The minimum Gasteiger partial charge on any atom is -0.0579 e. The average Bonchev–Trinajstić information content (AvgIpc) is 1.54. The van der Waals surface area contributed by atoms with Crippen LogP contribution in [0, 0.1) is 29.7 Å². The number of imidazole rings is 1. The van der Waals surface area contributed by atoms with Crippen molar-refractivity contribution < 1.29 is 28.2 Å². The third-order valence-electron chi connectivity index (χ3n) is 16.8. The molecule has 0 aliphatic heterocycles. The van der Waals surface area contributed by atoms with Crippen LogP contribution in [0.3, 0.4) is 0 Å². The molecule has 15 rings (SSSR count). The zero-order valence-corrected chi connectivity index (χ0v) is 49.4. The molecule has 0 fully saturated rings. The van der Waals surface area contributed by atoms with Gasteiger partial charge in [0, 0.05) is 37.4 Å². The fourth-order valence-corrected chi connectivity index (χ4v) is 13.6. The van der Waals surface area contributed by atoms with E-state index in [1.165, 1.54) is 27.2 Å². The van der Waals surface area contributed by atoms with Crippen molar-refractivity contribution in [2.24, 2.45) is 0 Å². The predicted molar refractivity (Wildman–Crippen MR) is 340 cm³/mol. The number of pyridine rings is 1. The standard InChI is InChI=1S/C76H59N5O.Pt/c1-47-30-35-54(78-46-79(67-29-18-17-28-66(67)78)73-60(49-20-11-9-12-21-49)39-53(76(6,7)8)40-61(73)50-22-13-10-14-23-50)41-71(47)82-55-36-37-57-62-43-63-59-26-19-25-58-56-24-15-16-27-65(56)81(74(58)59)70(63)44-69(62)80(68(57)42-55)72-38-48(2)64(45-77-72)51-31-33-52(34-32-51)75(3,4)5;/h9-40,43-45H,1-8H3;/q-2;/i2D3;. The molecule has 0 atom stereocenters. The summed E-state index contributed by atoms with van der Waals surface area (Å²) in [6.45, 7) is 12.9. The number of rotatable bonds is 8. The summed E-state index contributed by atoms with van der Waals surface area (Å²) in [5.41, 5.74) is 18.1. The SMILES string of the molecule is [2H]C([2H])([2H])c1cc(-n2c3[c-]c(Oc4[c-]c(-n5[c](=[Pt])n(-c6c(-c7ccccc7)cc(C(C)(C)C)cc6-c6ccccc6)c6ccccc65)ccc4C)ccc3c3cc4c5cccc6c7ccccc7n(c4cc32)c65)ncc1-c1ccc(C(C)(C)C)cc1. The smallest absolute Gasteiger partial charge is 0.0579 e. The van der Waals surface area contributed by atoms with E-state index in [0.717, 1.165) is 97.9 Å². The van der Waals surface area contributed by atoms with Crippen molar-refractivity contribution in [3.8, 4) is 62.1 Å². The van der Waals surface area contributed by atoms with Crippen LogP contribution in [0.25, 0.3) is 122 Å². The van der Waals surface area contributed by atoms with E-state index in [1.54, 1.807) is 12.3 Å². The summed E-state index contributed by atoms with van der Waals surface area (Å²) >= 11 is 2.49. The van der Waals surface area contributed by atoms with Crippen molar-refractivity contribution in [1.29, 1.82) is 0 Å². The van der Waals surface area contributed by atoms with Gasteiger partial charge >= 0.3 is 326 Å². The molecule has 0 saturated heterocycles. The normalized spacial score (nSPS) is 13.1. The van der Waals surface area contributed by atoms with Crippen LogP contribution in [-0.2, 0) is 30.2 Å². The maximum atomic E-state index is 8.99. The number of hydrogen-bond acceptors (Lipinski definition) is 2. The first-order chi connectivity index (χ1) is 41.4. The van der Waals surface area contributed by atoms with Gasteiger partial charge in [-0.1, -0.05) is 81.4 Å². The van der Waals surface area contributed by atoms with Crippen molar-refractivity contribution in [3.63, 3.8) is 0 Å². The Balaban J connectivity index is 0.916. The minimum atomic E-state index is -2.46. The van der Waals surface area contributed by atoms with E-state index in [0.29, 0.717) is 28.4 Å². The van der Waals surface area contributed by atoms with Crippen molar-refractivity contribution >= 4 is 70.9 Å². The molecule has 7 heteroatoms. The fraction of sp³-hybridized carbons (Fsp3) is 0.132.